The molecule has 2 aromatic carbocycles. The number of benzene rings is 2. The zero-order valence-corrected chi connectivity index (χ0v) is 14.8. The Labute approximate surface area is 148 Å². The van der Waals surface area contributed by atoms with E-state index in [0.717, 1.165) is 5.56 Å². The molecule has 1 aliphatic rings. The van der Waals surface area contributed by atoms with Crippen LogP contribution >= 0.6 is 15.9 Å². The fourth-order valence-corrected chi connectivity index (χ4v) is 3.42. The van der Waals surface area contributed by atoms with Gasteiger partial charge in [0.05, 0.1) is 15.8 Å². The summed E-state index contributed by atoms with van der Waals surface area (Å²) in [5.41, 5.74) is 3.08. The number of carbonyl (C=O) groups is 1. The number of ether oxygens (including phenoxy) is 1. The third-order valence-corrected chi connectivity index (χ3v) is 4.91. The van der Waals surface area contributed by atoms with Crippen molar-refractivity contribution in [3.63, 3.8) is 0 Å². The molecule has 7 heteroatoms. The van der Waals surface area contributed by atoms with Crippen LogP contribution in [0.15, 0.2) is 46.9 Å². The topological polar surface area (TPSA) is 60.4 Å². The Hall–Kier alpha value is -1.99. The molecule has 0 bridgehead atoms. The molecule has 0 aliphatic carbocycles. The molecule has 0 saturated heterocycles. The smallest absolute Gasteiger partial charge is 0.339 e. The van der Waals surface area contributed by atoms with Gasteiger partial charge in [0.1, 0.15) is 23.1 Å². The predicted molar refractivity (Wildman–Crippen MR) is 92.3 cm³/mol. The number of carbonyl (C=O) groups excluding carboxylic acids is 1. The molecule has 4 nitrogen and oxygen atoms in total. The maximum absolute atomic E-state index is 13.4. The van der Waals surface area contributed by atoms with E-state index in [1.807, 2.05) is 0 Å². The van der Waals surface area contributed by atoms with Crippen LogP contribution < -0.4 is 0 Å². The number of cyclic esters (lactones) is 1. The molecule has 1 heterocycles. The molecule has 3 rings (SSSR count). The van der Waals surface area contributed by atoms with Gasteiger partial charge in [-0.3, -0.25) is 0 Å². The van der Waals surface area contributed by atoms with Crippen LogP contribution in [-0.2, 0) is 26.0 Å². The van der Waals surface area contributed by atoms with E-state index in [1.54, 1.807) is 24.3 Å². The summed E-state index contributed by atoms with van der Waals surface area (Å²) in [5.74, 6) is -0.902. The van der Waals surface area contributed by atoms with Crippen molar-refractivity contribution in [2.75, 3.05) is 6.61 Å². The Morgan fingerprint density at radius 2 is 1.75 bits per heavy atom. The Morgan fingerprint density at radius 1 is 1.08 bits per heavy atom. The molecule has 2 aromatic rings. The van der Waals surface area contributed by atoms with Gasteiger partial charge in [0, 0.05) is 5.57 Å². The third-order valence-electron chi connectivity index (χ3n) is 3.68. The first-order chi connectivity index (χ1) is 11.5. The van der Waals surface area contributed by atoms with Crippen LogP contribution in [0.3, 0.4) is 0 Å². The van der Waals surface area contributed by atoms with Gasteiger partial charge in [-0.2, -0.15) is 0 Å². The summed E-state index contributed by atoms with van der Waals surface area (Å²) in [7, 11) is -2.49. The fourth-order valence-electron chi connectivity index (χ4n) is 2.54. The Bertz CT molecular complexity index is 909. The fraction of sp³-hybridized carbons (Fsp3) is 0.118. The first-order valence-corrected chi connectivity index (χ1v) is 9.18. The standard InChI is InChI=1S/C17H12BrFO4S/c18-14-7-12(5-6-15(14)19)16-13(8-23-17(16)20)11-3-1-10(2-4-11)9-24(21)22/h1-7,24H,8-9H2. The molecule has 0 amide bonds. The van der Waals surface area contributed by atoms with E-state index in [4.69, 9.17) is 4.74 Å². The molecule has 0 saturated carbocycles. The number of thiol groups is 1. The Kier molecular flexibility index (Phi) is 4.82. The highest BCUT2D eigenvalue weighted by atomic mass is 79.9. The lowest BCUT2D eigenvalue weighted by Gasteiger charge is -2.06. The molecular formula is C17H12BrFO4S. The molecule has 1 aliphatic heterocycles. The van der Waals surface area contributed by atoms with E-state index in [9.17, 15) is 17.6 Å². The maximum atomic E-state index is 13.4. The minimum atomic E-state index is -2.49. The zero-order valence-electron chi connectivity index (χ0n) is 12.3. The summed E-state index contributed by atoms with van der Waals surface area (Å²) in [4.78, 5) is 12.1. The molecule has 124 valence electrons. The Morgan fingerprint density at radius 3 is 2.38 bits per heavy atom. The molecule has 0 aromatic heterocycles. The summed E-state index contributed by atoms with van der Waals surface area (Å²) in [6, 6.07) is 11.3. The monoisotopic (exact) mass is 410 g/mol. The van der Waals surface area contributed by atoms with Crippen molar-refractivity contribution >= 4 is 43.7 Å². The SMILES string of the molecule is O=C1OCC(c2ccc(C[SH](=O)=O)cc2)=C1c1ccc(F)c(Br)c1. The first-order valence-electron chi connectivity index (χ1n) is 7.02. The van der Waals surface area contributed by atoms with Gasteiger partial charge in [-0.1, -0.05) is 30.3 Å². The van der Waals surface area contributed by atoms with Crippen molar-refractivity contribution in [1.82, 2.24) is 0 Å². The highest BCUT2D eigenvalue weighted by Gasteiger charge is 2.27. The molecule has 24 heavy (non-hydrogen) atoms. The van der Waals surface area contributed by atoms with Gasteiger partial charge >= 0.3 is 5.97 Å². The maximum Gasteiger partial charge on any atom is 0.339 e. The van der Waals surface area contributed by atoms with E-state index in [0.29, 0.717) is 22.3 Å². The van der Waals surface area contributed by atoms with Crippen LogP contribution in [0, 0.1) is 5.82 Å². The average Bonchev–Trinajstić information content (AvgIpc) is 2.92. The predicted octanol–water partition coefficient (Wildman–Crippen LogP) is 3.17. The van der Waals surface area contributed by atoms with Crippen LogP contribution in [-0.4, -0.2) is 21.0 Å². The van der Waals surface area contributed by atoms with Gasteiger partial charge in [-0.15, -0.1) is 0 Å². The molecule has 0 radical (unpaired) electrons. The van der Waals surface area contributed by atoms with E-state index in [1.165, 1.54) is 18.2 Å². The minimum Gasteiger partial charge on any atom is -0.457 e. The van der Waals surface area contributed by atoms with Gasteiger partial charge in [-0.05, 0) is 44.8 Å². The highest BCUT2D eigenvalue weighted by Crippen LogP contribution is 2.34. The third kappa shape index (κ3) is 3.42. The molecule has 0 unspecified atom stereocenters. The lowest BCUT2D eigenvalue weighted by molar-refractivity contribution is -0.133. The second-order valence-electron chi connectivity index (χ2n) is 5.25. The van der Waals surface area contributed by atoms with Gasteiger partial charge in [0.15, 0.2) is 0 Å². The van der Waals surface area contributed by atoms with Gasteiger partial charge in [-0.25, -0.2) is 17.6 Å². The lowest BCUT2D eigenvalue weighted by atomic mass is 9.96. The first kappa shape index (κ1) is 16.9. The summed E-state index contributed by atoms with van der Waals surface area (Å²) in [6.45, 7) is 0.123. The highest BCUT2D eigenvalue weighted by molar-refractivity contribution is 9.10. The molecule has 0 spiro atoms. The number of halogens is 2. The van der Waals surface area contributed by atoms with Crippen molar-refractivity contribution in [2.45, 2.75) is 5.75 Å². The second-order valence-corrected chi connectivity index (χ2v) is 7.08. The van der Waals surface area contributed by atoms with Gasteiger partial charge in [0.25, 0.3) is 0 Å². The quantitative estimate of drug-likeness (QED) is 0.621. The summed E-state index contributed by atoms with van der Waals surface area (Å²) in [6.07, 6.45) is 0. The normalized spacial score (nSPS) is 14.4. The number of hydrogen-bond acceptors (Lipinski definition) is 4. The second kappa shape index (κ2) is 6.86. The largest absolute Gasteiger partial charge is 0.457 e. The van der Waals surface area contributed by atoms with Crippen molar-refractivity contribution in [3.05, 3.63) is 69.4 Å². The van der Waals surface area contributed by atoms with Gasteiger partial charge < -0.3 is 4.74 Å². The van der Waals surface area contributed by atoms with Crippen LogP contribution in [0.5, 0.6) is 0 Å². The summed E-state index contributed by atoms with van der Waals surface area (Å²) in [5, 5.41) is 0. The van der Waals surface area contributed by atoms with E-state index in [2.05, 4.69) is 15.9 Å². The number of rotatable bonds is 4. The van der Waals surface area contributed by atoms with Crippen molar-refractivity contribution in [1.29, 1.82) is 0 Å². The minimum absolute atomic E-state index is 0.0259. The summed E-state index contributed by atoms with van der Waals surface area (Å²) < 4.78 is 40.4. The van der Waals surface area contributed by atoms with Crippen molar-refractivity contribution < 1.29 is 22.3 Å². The molecular weight excluding hydrogens is 399 g/mol. The average molecular weight is 411 g/mol. The van der Waals surface area contributed by atoms with Crippen molar-refractivity contribution in [3.8, 4) is 0 Å². The van der Waals surface area contributed by atoms with E-state index in [-0.39, 0.29) is 16.8 Å². The van der Waals surface area contributed by atoms with Crippen molar-refractivity contribution in [2.24, 2.45) is 0 Å². The summed E-state index contributed by atoms with van der Waals surface area (Å²) >= 11 is 3.11. The zero-order chi connectivity index (χ0) is 17.3. The van der Waals surface area contributed by atoms with E-state index < -0.39 is 22.5 Å². The van der Waals surface area contributed by atoms with Crippen LogP contribution in [0.2, 0.25) is 0 Å². The number of hydrogen-bond donors (Lipinski definition) is 1. The van der Waals surface area contributed by atoms with E-state index >= 15 is 0 Å². The lowest BCUT2D eigenvalue weighted by Crippen LogP contribution is -1.99. The van der Waals surface area contributed by atoms with Gasteiger partial charge in [0.2, 0.25) is 0 Å². The van der Waals surface area contributed by atoms with Crippen LogP contribution in [0.4, 0.5) is 4.39 Å². The van der Waals surface area contributed by atoms with Crippen LogP contribution in [0.25, 0.3) is 11.1 Å². The van der Waals surface area contributed by atoms with Crippen LogP contribution in [0.1, 0.15) is 16.7 Å². The number of esters is 1. The molecule has 0 N–H and O–H groups in total. The molecule has 0 atom stereocenters. The Balaban J connectivity index is 2.04. The molecule has 0 fully saturated rings.